The number of hydrogen-bond donors (Lipinski definition) is 2. The summed E-state index contributed by atoms with van der Waals surface area (Å²) in [5.74, 6) is 0.242. The Morgan fingerprint density at radius 3 is 2.45 bits per heavy atom. The minimum Gasteiger partial charge on any atom is -0.495 e. The maximum Gasteiger partial charge on any atom is 0.335 e. The number of methoxy groups -OCH3 is 1. The molecule has 0 spiro atoms. The third kappa shape index (κ3) is 5.34. The van der Waals surface area contributed by atoms with Crippen LogP contribution < -0.4 is 14.8 Å². The van der Waals surface area contributed by atoms with Gasteiger partial charge < -0.3 is 19.9 Å². The summed E-state index contributed by atoms with van der Waals surface area (Å²) in [6.07, 6.45) is 0. The molecular weight excluding hydrogens is 413 g/mol. The molecular formula is C22H19Cl2NO4. The molecule has 0 heterocycles. The molecule has 0 atom stereocenters. The first-order valence-corrected chi connectivity index (χ1v) is 9.53. The summed E-state index contributed by atoms with van der Waals surface area (Å²) in [5.41, 5.74) is 2.47. The topological polar surface area (TPSA) is 67.8 Å². The Kier molecular flexibility index (Phi) is 6.86. The van der Waals surface area contributed by atoms with Crippen LogP contribution in [0, 0.1) is 0 Å². The Morgan fingerprint density at radius 1 is 1.03 bits per heavy atom. The van der Waals surface area contributed by atoms with E-state index in [0.29, 0.717) is 33.8 Å². The Balaban J connectivity index is 1.69. The molecule has 0 amide bonds. The van der Waals surface area contributed by atoms with E-state index < -0.39 is 5.97 Å². The van der Waals surface area contributed by atoms with Crippen molar-refractivity contribution in [2.24, 2.45) is 0 Å². The number of halogens is 2. The fourth-order valence-corrected chi connectivity index (χ4v) is 3.25. The van der Waals surface area contributed by atoms with Gasteiger partial charge in [-0.05, 0) is 48.0 Å². The number of hydrogen-bond acceptors (Lipinski definition) is 4. The van der Waals surface area contributed by atoms with Crippen molar-refractivity contribution in [3.05, 3.63) is 87.4 Å². The standard InChI is InChI=1S/C22H19Cl2NO4/c1-28-21-9-8-15(22(26)27)11-20(21)25-12-14-4-2-5-16(10-14)29-13-17-18(23)6-3-7-19(17)24/h2-11,25H,12-13H2,1H3,(H,26,27). The predicted octanol–water partition coefficient (Wildman–Crippen LogP) is 5.89. The van der Waals surface area contributed by atoms with Gasteiger partial charge in [-0.15, -0.1) is 0 Å². The second-order valence-electron chi connectivity index (χ2n) is 6.21. The fraction of sp³-hybridized carbons (Fsp3) is 0.136. The minimum absolute atomic E-state index is 0.182. The summed E-state index contributed by atoms with van der Waals surface area (Å²) in [6, 6.07) is 17.6. The van der Waals surface area contributed by atoms with Gasteiger partial charge in [0.1, 0.15) is 18.1 Å². The highest BCUT2D eigenvalue weighted by molar-refractivity contribution is 6.35. The summed E-state index contributed by atoms with van der Waals surface area (Å²) < 4.78 is 11.1. The summed E-state index contributed by atoms with van der Waals surface area (Å²) >= 11 is 12.4. The molecule has 0 bridgehead atoms. The highest BCUT2D eigenvalue weighted by Gasteiger charge is 2.10. The van der Waals surface area contributed by atoms with Gasteiger partial charge in [0.05, 0.1) is 18.4 Å². The zero-order valence-corrected chi connectivity index (χ0v) is 17.1. The van der Waals surface area contributed by atoms with Crippen LogP contribution in [0.3, 0.4) is 0 Å². The van der Waals surface area contributed by atoms with E-state index in [1.54, 1.807) is 30.3 Å². The zero-order valence-electron chi connectivity index (χ0n) is 15.6. The number of anilines is 1. The second kappa shape index (κ2) is 9.54. The van der Waals surface area contributed by atoms with E-state index in [1.165, 1.54) is 13.2 Å². The van der Waals surface area contributed by atoms with E-state index >= 15 is 0 Å². The maximum atomic E-state index is 11.2. The molecule has 0 unspecified atom stereocenters. The molecule has 7 heteroatoms. The van der Waals surface area contributed by atoms with Crippen molar-refractivity contribution in [1.29, 1.82) is 0 Å². The van der Waals surface area contributed by atoms with Crippen molar-refractivity contribution in [3.8, 4) is 11.5 Å². The summed E-state index contributed by atoms with van der Waals surface area (Å²) in [7, 11) is 1.54. The van der Waals surface area contributed by atoms with Crippen LogP contribution in [0.5, 0.6) is 11.5 Å². The number of carboxylic acid groups (broad SMARTS) is 1. The average molecular weight is 432 g/mol. The van der Waals surface area contributed by atoms with Crippen LogP contribution in [-0.2, 0) is 13.2 Å². The lowest BCUT2D eigenvalue weighted by Gasteiger charge is -2.13. The number of benzene rings is 3. The Morgan fingerprint density at radius 2 is 1.76 bits per heavy atom. The third-order valence-corrected chi connectivity index (χ3v) is 4.98. The molecule has 0 aliphatic carbocycles. The molecule has 0 saturated carbocycles. The van der Waals surface area contributed by atoms with Crippen LogP contribution >= 0.6 is 23.2 Å². The van der Waals surface area contributed by atoms with E-state index in [2.05, 4.69) is 5.32 Å². The number of carbonyl (C=O) groups is 1. The highest BCUT2D eigenvalue weighted by atomic mass is 35.5. The first-order valence-electron chi connectivity index (χ1n) is 8.77. The molecule has 0 aliphatic heterocycles. The van der Waals surface area contributed by atoms with Crippen molar-refractivity contribution in [1.82, 2.24) is 0 Å². The van der Waals surface area contributed by atoms with E-state index in [1.807, 2.05) is 24.3 Å². The predicted molar refractivity (Wildman–Crippen MR) is 115 cm³/mol. The van der Waals surface area contributed by atoms with Gasteiger partial charge >= 0.3 is 5.97 Å². The molecule has 3 aromatic rings. The molecule has 2 N–H and O–H groups in total. The van der Waals surface area contributed by atoms with Gasteiger partial charge in [0.15, 0.2) is 0 Å². The lowest BCUT2D eigenvalue weighted by molar-refractivity contribution is 0.0697. The number of carboxylic acids is 1. The number of nitrogens with one attached hydrogen (secondary N) is 1. The maximum absolute atomic E-state index is 11.2. The van der Waals surface area contributed by atoms with Gasteiger partial charge in [0.25, 0.3) is 0 Å². The van der Waals surface area contributed by atoms with Gasteiger partial charge in [0.2, 0.25) is 0 Å². The first kappa shape index (κ1) is 20.8. The lowest BCUT2D eigenvalue weighted by Crippen LogP contribution is -2.04. The van der Waals surface area contributed by atoms with Crippen LogP contribution in [0.2, 0.25) is 10.0 Å². The molecule has 29 heavy (non-hydrogen) atoms. The van der Waals surface area contributed by atoms with Crippen LogP contribution in [0.25, 0.3) is 0 Å². The number of ether oxygens (including phenoxy) is 2. The van der Waals surface area contributed by atoms with Gasteiger partial charge in [-0.25, -0.2) is 4.79 Å². The molecule has 0 saturated heterocycles. The molecule has 0 fully saturated rings. The SMILES string of the molecule is COc1ccc(C(=O)O)cc1NCc1cccc(OCc2c(Cl)cccc2Cl)c1. The number of aromatic carboxylic acids is 1. The van der Waals surface area contributed by atoms with Crippen molar-refractivity contribution in [2.75, 3.05) is 12.4 Å². The van der Waals surface area contributed by atoms with Gasteiger partial charge in [-0.3, -0.25) is 0 Å². The third-order valence-electron chi connectivity index (χ3n) is 4.27. The molecule has 150 valence electrons. The van der Waals surface area contributed by atoms with Gasteiger partial charge in [-0.2, -0.15) is 0 Å². The molecule has 3 rings (SSSR count). The summed E-state index contributed by atoms with van der Waals surface area (Å²) in [5, 5.41) is 13.5. The van der Waals surface area contributed by atoms with Crippen molar-refractivity contribution < 1.29 is 19.4 Å². The van der Waals surface area contributed by atoms with E-state index in [-0.39, 0.29) is 12.2 Å². The van der Waals surface area contributed by atoms with Crippen LogP contribution in [0.15, 0.2) is 60.7 Å². The number of rotatable bonds is 8. The summed E-state index contributed by atoms with van der Waals surface area (Å²) in [4.78, 5) is 11.2. The van der Waals surface area contributed by atoms with Gasteiger partial charge in [0, 0.05) is 22.2 Å². The Labute approximate surface area is 178 Å². The molecule has 0 radical (unpaired) electrons. The second-order valence-corrected chi connectivity index (χ2v) is 7.02. The highest BCUT2D eigenvalue weighted by Crippen LogP contribution is 2.28. The van der Waals surface area contributed by atoms with Crippen molar-refractivity contribution >= 4 is 34.9 Å². The Hall–Kier alpha value is -2.89. The minimum atomic E-state index is -0.996. The quantitative estimate of drug-likeness (QED) is 0.465. The zero-order chi connectivity index (χ0) is 20.8. The molecule has 0 aromatic heterocycles. The monoisotopic (exact) mass is 431 g/mol. The van der Waals surface area contributed by atoms with Crippen molar-refractivity contribution in [2.45, 2.75) is 13.2 Å². The van der Waals surface area contributed by atoms with Crippen molar-refractivity contribution in [3.63, 3.8) is 0 Å². The van der Waals surface area contributed by atoms with E-state index in [0.717, 1.165) is 11.1 Å². The molecule has 5 nitrogen and oxygen atoms in total. The first-order chi connectivity index (χ1) is 14.0. The van der Waals surface area contributed by atoms with Gasteiger partial charge in [-0.1, -0.05) is 41.4 Å². The summed E-state index contributed by atoms with van der Waals surface area (Å²) in [6.45, 7) is 0.716. The van der Waals surface area contributed by atoms with Crippen LogP contribution in [0.1, 0.15) is 21.5 Å². The van der Waals surface area contributed by atoms with Crippen LogP contribution in [0.4, 0.5) is 5.69 Å². The average Bonchev–Trinajstić information content (AvgIpc) is 2.72. The molecule has 3 aromatic carbocycles. The smallest absolute Gasteiger partial charge is 0.335 e. The van der Waals surface area contributed by atoms with E-state index in [4.69, 9.17) is 32.7 Å². The van der Waals surface area contributed by atoms with Crippen LogP contribution in [-0.4, -0.2) is 18.2 Å². The largest absolute Gasteiger partial charge is 0.495 e. The van der Waals surface area contributed by atoms with E-state index in [9.17, 15) is 9.90 Å². The molecule has 0 aliphatic rings. The Bertz CT molecular complexity index is 1000. The fourth-order valence-electron chi connectivity index (χ4n) is 2.75. The normalized spacial score (nSPS) is 10.4. The lowest BCUT2D eigenvalue weighted by atomic mass is 10.1.